The zero-order valence-corrected chi connectivity index (χ0v) is 10.7. The molecular formula is C12H12N4OS. The molecule has 18 heavy (non-hydrogen) atoms. The zero-order chi connectivity index (χ0) is 12.5. The summed E-state index contributed by atoms with van der Waals surface area (Å²) in [6.45, 7) is 2.80. The van der Waals surface area contributed by atoms with Gasteiger partial charge in [-0.3, -0.25) is 0 Å². The van der Waals surface area contributed by atoms with Gasteiger partial charge in [0.05, 0.1) is 11.0 Å². The third-order valence-corrected chi connectivity index (χ3v) is 3.31. The van der Waals surface area contributed by atoms with Crippen LogP contribution in [0.2, 0.25) is 0 Å². The van der Waals surface area contributed by atoms with E-state index in [1.165, 1.54) is 12.0 Å². The average molecular weight is 260 g/mol. The SMILES string of the molecule is Cc1cccc2c1[nH]c(=S)n2CCc1ncon1. The Morgan fingerprint density at radius 1 is 1.44 bits per heavy atom. The smallest absolute Gasteiger partial charge is 0.213 e. The van der Waals surface area contributed by atoms with Gasteiger partial charge in [0.1, 0.15) is 0 Å². The van der Waals surface area contributed by atoms with Crippen LogP contribution in [0, 0.1) is 11.7 Å². The first-order valence-corrected chi connectivity index (χ1v) is 6.10. The molecule has 1 N–H and O–H groups in total. The first-order valence-electron chi connectivity index (χ1n) is 5.69. The van der Waals surface area contributed by atoms with Gasteiger partial charge in [-0.05, 0) is 30.8 Å². The van der Waals surface area contributed by atoms with Crippen LogP contribution in [0.4, 0.5) is 0 Å². The molecule has 3 rings (SSSR count). The van der Waals surface area contributed by atoms with Gasteiger partial charge in [0, 0.05) is 13.0 Å². The third kappa shape index (κ3) is 1.84. The number of aryl methyl sites for hydroxylation is 3. The van der Waals surface area contributed by atoms with Gasteiger partial charge in [-0.1, -0.05) is 17.3 Å². The molecule has 0 aliphatic carbocycles. The number of aromatic nitrogens is 4. The monoisotopic (exact) mass is 260 g/mol. The maximum absolute atomic E-state index is 5.35. The molecule has 2 heterocycles. The summed E-state index contributed by atoms with van der Waals surface area (Å²) in [5.41, 5.74) is 3.40. The lowest BCUT2D eigenvalue weighted by Crippen LogP contribution is -2.02. The molecule has 5 nitrogen and oxygen atoms in total. The van der Waals surface area contributed by atoms with Crippen molar-refractivity contribution in [1.82, 2.24) is 19.7 Å². The Morgan fingerprint density at radius 2 is 2.33 bits per heavy atom. The number of fused-ring (bicyclic) bond motifs is 1. The summed E-state index contributed by atoms with van der Waals surface area (Å²) in [7, 11) is 0. The fraction of sp³-hybridized carbons (Fsp3) is 0.250. The fourth-order valence-electron chi connectivity index (χ4n) is 2.06. The van der Waals surface area contributed by atoms with Crippen molar-refractivity contribution in [3.63, 3.8) is 0 Å². The van der Waals surface area contributed by atoms with Crippen LogP contribution >= 0.6 is 12.2 Å². The highest BCUT2D eigenvalue weighted by molar-refractivity contribution is 7.71. The molecule has 3 aromatic rings. The van der Waals surface area contributed by atoms with E-state index in [1.54, 1.807) is 0 Å². The molecule has 0 atom stereocenters. The minimum Gasteiger partial charge on any atom is -0.343 e. The van der Waals surface area contributed by atoms with E-state index in [2.05, 4.69) is 38.7 Å². The highest BCUT2D eigenvalue weighted by Crippen LogP contribution is 2.18. The first kappa shape index (κ1) is 11.2. The van der Waals surface area contributed by atoms with Crippen molar-refractivity contribution in [2.24, 2.45) is 0 Å². The number of hydrogen-bond donors (Lipinski definition) is 1. The van der Waals surface area contributed by atoms with Crippen molar-refractivity contribution in [1.29, 1.82) is 0 Å². The third-order valence-electron chi connectivity index (χ3n) is 2.98. The Bertz CT molecular complexity index is 726. The van der Waals surface area contributed by atoms with E-state index in [-0.39, 0.29) is 0 Å². The molecule has 2 aromatic heterocycles. The predicted octanol–water partition coefficient (Wildman–Crippen LogP) is 2.63. The van der Waals surface area contributed by atoms with Crippen LogP contribution in [-0.2, 0) is 13.0 Å². The van der Waals surface area contributed by atoms with Crippen molar-refractivity contribution < 1.29 is 4.52 Å². The lowest BCUT2D eigenvalue weighted by atomic mass is 10.2. The minimum atomic E-state index is 0.693. The van der Waals surface area contributed by atoms with Crippen LogP contribution in [0.25, 0.3) is 11.0 Å². The molecule has 92 valence electrons. The summed E-state index contributed by atoms with van der Waals surface area (Å²) in [5.74, 6) is 0.693. The van der Waals surface area contributed by atoms with Crippen LogP contribution < -0.4 is 0 Å². The standard InChI is InChI=1S/C12H12N4OS/c1-8-3-2-4-9-11(8)14-12(18)16(9)6-5-10-13-7-17-15-10/h2-4,7H,5-6H2,1H3,(H,14,18). The highest BCUT2D eigenvalue weighted by atomic mass is 32.1. The Hall–Kier alpha value is -1.95. The van der Waals surface area contributed by atoms with E-state index in [4.69, 9.17) is 16.7 Å². The molecule has 0 aliphatic rings. The van der Waals surface area contributed by atoms with E-state index < -0.39 is 0 Å². The van der Waals surface area contributed by atoms with Gasteiger partial charge in [-0.25, -0.2) is 0 Å². The average Bonchev–Trinajstić information content (AvgIpc) is 2.95. The van der Waals surface area contributed by atoms with Crippen LogP contribution in [0.5, 0.6) is 0 Å². The molecule has 0 spiro atoms. The Kier molecular flexibility index (Phi) is 2.71. The van der Waals surface area contributed by atoms with Crippen molar-refractivity contribution in [2.45, 2.75) is 19.9 Å². The van der Waals surface area contributed by atoms with Crippen molar-refractivity contribution in [3.8, 4) is 0 Å². The summed E-state index contributed by atoms with van der Waals surface area (Å²) in [6, 6.07) is 6.16. The van der Waals surface area contributed by atoms with Crippen LogP contribution in [-0.4, -0.2) is 19.7 Å². The predicted molar refractivity (Wildman–Crippen MR) is 69.9 cm³/mol. The largest absolute Gasteiger partial charge is 0.343 e. The highest BCUT2D eigenvalue weighted by Gasteiger charge is 2.07. The van der Waals surface area contributed by atoms with E-state index in [0.29, 0.717) is 12.2 Å². The number of para-hydroxylation sites is 1. The number of imidazole rings is 1. The van der Waals surface area contributed by atoms with Gasteiger partial charge in [-0.15, -0.1) is 0 Å². The lowest BCUT2D eigenvalue weighted by molar-refractivity contribution is 0.408. The molecule has 0 unspecified atom stereocenters. The number of aromatic amines is 1. The molecular weight excluding hydrogens is 248 g/mol. The number of hydrogen-bond acceptors (Lipinski definition) is 4. The minimum absolute atomic E-state index is 0.693. The zero-order valence-electron chi connectivity index (χ0n) is 9.88. The Balaban J connectivity index is 1.99. The summed E-state index contributed by atoms with van der Waals surface area (Å²) in [4.78, 5) is 7.25. The summed E-state index contributed by atoms with van der Waals surface area (Å²) in [6.07, 6.45) is 2.04. The lowest BCUT2D eigenvalue weighted by Gasteiger charge is -2.02. The van der Waals surface area contributed by atoms with Crippen LogP contribution in [0.3, 0.4) is 0 Å². The van der Waals surface area contributed by atoms with Crippen molar-refractivity contribution >= 4 is 23.3 Å². The maximum Gasteiger partial charge on any atom is 0.213 e. The second-order valence-electron chi connectivity index (χ2n) is 4.15. The van der Waals surface area contributed by atoms with E-state index in [1.807, 2.05) is 6.07 Å². The molecule has 0 saturated heterocycles. The van der Waals surface area contributed by atoms with Crippen molar-refractivity contribution in [3.05, 3.63) is 40.8 Å². The van der Waals surface area contributed by atoms with E-state index in [0.717, 1.165) is 22.3 Å². The van der Waals surface area contributed by atoms with Gasteiger partial charge in [0.25, 0.3) is 0 Å². The molecule has 0 amide bonds. The molecule has 0 aliphatic heterocycles. The molecule has 0 saturated carbocycles. The Labute approximate surface area is 108 Å². The normalized spacial score (nSPS) is 11.2. The van der Waals surface area contributed by atoms with Crippen LogP contribution in [0.15, 0.2) is 29.1 Å². The van der Waals surface area contributed by atoms with E-state index >= 15 is 0 Å². The molecule has 0 bridgehead atoms. The van der Waals surface area contributed by atoms with Gasteiger partial charge >= 0.3 is 0 Å². The number of nitrogens with one attached hydrogen (secondary N) is 1. The number of nitrogens with zero attached hydrogens (tertiary/aromatic N) is 3. The first-order chi connectivity index (χ1) is 8.75. The van der Waals surface area contributed by atoms with Gasteiger partial charge < -0.3 is 14.1 Å². The second kappa shape index (κ2) is 4.38. The fourth-order valence-corrected chi connectivity index (χ4v) is 2.35. The van der Waals surface area contributed by atoms with E-state index in [9.17, 15) is 0 Å². The summed E-state index contributed by atoms with van der Waals surface area (Å²) < 4.78 is 7.51. The molecule has 0 fully saturated rings. The molecule has 6 heteroatoms. The quantitative estimate of drug-likeness (QED) is 0.735. The Morgan fingerprint density at radius 3 is 3.11 bits per heavy atom. The number of benzene rings is 1. The molecule has 1 aromatic carbocycles. The molecule has 0 radical (unpaired) electrons. The summed E-state index contributed by atoms with van der Waals surface area (Å²) >= 11 is 5.35. The van der Waals surface area contributed by atoms with Gasteiger partial charge in [0.2, 0.25) is 6.39 Å². The summed E-state index contributed by atoms with van der Waals surface area (Å²) in [5, 5.41) is 3.80. The van der Waals surface area contributed by atoms with Crippen LogP contribution in [0.1, 0.15) is 11.4 Å². The maximum atomic E-state index is 5.35. The van der Waals surface area contributed by atoms with Gasteiger partial charge in [0.15, 0.2) is 10.6 Å². The second-order valence-corrected chi connectivity index (χ2v) is 4.53. The van der Waals surface area contributed by atoms with Gasteiger partial charge in [-0.2, -0.15) is 4.98 Å². The number of H-pyrrole nitrogens is 1. The topological polar surface area (TPSA) is 59.6 Å². The number of rotatable bonds is 3. The van der Waals surface area contributed by atoms with Crippen molar-refractivity contribution in [2.75, 3.05) is 0 Å².